The first-order valence-corrected chi connectivity index (χ1v) is 6.75. The molecular formula is C15H22FNO. The van der Waals surface area contributed by atoms with Crippen molar-refractivity contribution in [3.8, 4) is 5.75 Å². The molecule has 1 fully saturated rings. The van der Waals surface area contributed by atoms with E-state index in [0.717, 1.165) is 12.1 Å². The van der Waals surface area contributed by atoms with Crippen LogP contribution in [-0.4, -0.2) is 22.6 Å². The van der Waals surface area contributed by atoms with Gasteiger partial charge < -0.3 is 5.11 Å². The number of phenolic OH excluding ortho intramolecular Hbond substituents is 1. The molecule has 3 atom stereocenters. The third-order valence-corrected chi connectivity index (χ3v) is 4.36. The van der Waals surface area contributed by atoms with Crippen LogP contribution in [0, 0.1) is 11.7 Å². The monoisotopic (exact) mass is 251 g/mol. The summed E-state index contributed by atoms with van der Waals surface area (Å²) in [6, 6.07) is 4.94. The predicted molar refractivity (Wildman–Crippen MR) is 71.0 cm³/mol. The maximum atomic E-state index is 13.0. The van der Waals surface area contributed by atoms with Crippen molar-refractivity contribution in [2.24, 2.45) is 5.92 Å². The van der Waals surface area contributed by atoms with Crippen molar-refractivity contribution in [3.63, 3.8) is 0 Å². The Morgan fingerprint density at radius 2 is 2.11 bits per heavy atom. The number of benzene rings is 1. The quantitative estimate of drug-likeness (QED) is 0.866. The molecule has 3 heteroatoms. The number of hydrogen-bond donors (Lipinski definition) is 1. The van der Waals surface area contributed by atoms with E-state index in [0.29, 0.717) is 12.0 Å². The van der Waals surface area contributed by atoms with Crippen LogP contribution in [0.3, 0.4) is 0 Å². The van der Waals surface area contributed by atoms with Gasteiger partial charge in [0.1, 0.15) is 11.6 Å². The third-order valence-electron chi connectivity index (χ3n) is 4.36. The summed E-state index contributed by atoms with van der Waals surface area (Å²) >= 11 is 0. The summed E-state index contributed by atoms with van der Waals surface area (Å²) in [4.78, 5) is 2.40. The zero-order valence-electron chi connectivity index (χ0n) is 11.4. The predicted octanol–water partition coefficient (Wildman–Crippen LogP) is 3.71. The van der Waals surface area contributed by atoms with Crippen LogP contribution in [-0.2, 0) is 0 Å². The van der Waals surface area contributed by atoms with Crippen LogP contribution >= 0.6 is 0 Å². The average Bonchev–Trinajstić information content (AvgIpc) is 2.32. The van der Waals surface area contributed by atoms with Crippen LogP contribution in [0.15, 0.2) is 18.2 Å². The van der Waals surface area contributed by atoms with Gasteiger partial charge in [-0.25, -0.2) is 4.39 Å². The molecule has 0 saturated carbocycles. The van der Waals surface area contributed by atoms with E-state index in [9.17, 15) is 9.50 Å². The van der Waals surface area contributed by atoms with E-state index in [1.807, 2.05) is 0 Å². The van der Waals surface area contributed by atoms with Gasteiger partial charge >= 0.3 is 0 Å². The lowest BCUT2D eigenvalue weighted by Crippen LogP contribution is -2.43. The highest BCUT2D eigenvalue weighted by Crippen LogP contribution is 2.34. The molecule has 0 aromatic heterocycles. The highest BCUT2D eigenvalue weighted by atomic mass is 19.1. The van der Waals surface area contributed by atoms with Gasteiger partial charge in [0.05, 0.1) is 0 Å². The zero-order chi connectivity index (χ0) is 13.3. The minimum Gasteiger partial charge on any atom is -0.508 e. The third kappa shape index (κ3) is 2.51. The average molecular weight is 251 g/mol. The Labute approximate surface area is 108 Å². The van der Waals surface area contributed by atoms with Crippen LogP contribution in [0.25, 0.3) is 0 Å². The summed E-state index contributed by atoms with van der Waals surface area (Å²) in [5.41, 5.74) is 0.817. The van der Waals surface area contributed by atoms with Crippen LogP contribution in [0.5, 0.6) is 5.75 Å². The fourth-order valence-corrected chi connectivity index (χ4v) is 2.96. The second-order valence-corrected chi connectivity index (χ2v) is 5.48. The Kier molecular flexibility index (Phi) is 3.91. The summed E-state index contributed by atoms with van der Waals surface area (Å²) in [5, 5.41) is 9.88. The SMILES string of the molecule is CC1CCCN(C(C)c2ccc(F)cc2O)C1C. The Bertz CT molecular complexity index is 421. The number of likely N-dealkylation sites (tertiary alicyclic amines) is 1. The molecule has 0 aliphatic carbocycles. The molecule has 3 unspecified atom stereocenters. The summed E-state index contributed by atoms with van der Waals surface area (Å²) in [7, 11) is 0. The van der Waals surface area contributed by atoms with Crippen LogP contribution in [0.2, 0.25) is 0 Å². The molecule has 1 aromatic rings. The lowest BCUT2D eigenvalue weighted by Gasteiger charge is -2.42. The molecule has 2 nitrogen and oxygen atoms in total. The highest BCUT2D eigenvalue weighted by molar-refractivity contribution is 5.35. The number of hydrogen-bond acceptors (Lipinski definition) is 2. The maximum absolute atomic E-state index is 13.0. The Balaban J connectivity index is 2.22. The number of halogens is 1. The van der Waals surface area contributed by atoms with Crippen molar-refractivity contribution in [2.45, 2.75) is 45.7 Å². The van der Waals surface area contributed by atoms with Gasteiger partial charge in [0.25, 0.3) is 0 Å². The maximum Gasteiger partial charge on any atom is 0.126 e. The van der Waals surface area contributed by atoms with Crippen LogP contribution in [0.4, 0.5) is 4.39 Å². The Hall–Kier alpha value is -1.09. The fraction of sp³-hybridized carbons (Fsp3) is 0.600. The molecule has 1 aliphatic heterocycles. The molecule has 0 bridgehead atoms. The smallest absolute Gasteiger partial charge is 0.126 e. The summed E-state index contributed by atoms with van der Waals surface area (Å²) in [6.45, 7) is 7.64. The molecule has 18 heavy (non-hydrogen) atoms. The standard InChI is InChI=1S/C15H22FNO/c1-10-5-4-8-17(11(10)2)12(3)14-7-6-13(16)9-15(14)18/h6-7,9-12,18H,4-5,8H2,1-3H3. The molecule has 1 aromatic carbocycles. The van der Waals surface area contributed by atoms with Gasteiger partial charge in [0.15, 0.2) is 0 Å². The molecule has 1 N–H and O–H groups in total. The molecule has 2 rings (SSSR count). The van der Waals surface area contributed by atoms with E-state index in [-0.39, 0.29) is 17.6 Å². The number of nitrogens with zero attached hydrogens (tertiary/aromatic N) is 1. The molecule has 0 spiro atoms. The lowest BCUT2D eigenvalue weighted by molar-refractivity contribution is 0.0742. The molecular weight excluding hydrogens is 229 g/mol. The second-order valence-electron chi connectivity index (χ2n) is 5.48. The first kappa shape index (κ1) is 13.3. The van der Waals surface area contributed by atoms with E-state index in [1.54, 1.807) is 6.07 Å². The Morgan fingerprint density at radius 1 is 1.39 bits per heavy atom. The Morgan fingerprint density at radius 3 is 2.78 bits per heavy atom. The van der Waals surface area contributed by atoms with E-state index in [1.165, 1.54) is 25.0 Å². The van der Waals surface area contributed by atoms with Gasteiger partial charge in [-0.05, 0) is 45.2 Å². The summed E-state index contributed by atoms with van der Waals surface area (Å²) in [5.74, 6) is 0.347. The van der Waals surface area contributed by atoms with Gasteiger partial charge in [0.2, 0.25) is 0 Å². The van der Waals surface area contributed by atoms with Crippen molar-refractivity contribution in [1.29, 1.82) is 0 Å². The summed E-state index contributed by atoms with van der Waals surface area (Å²) in [6.07, 6.45) is 2.46. The molecule has 1 saturated heterocycles. The second kappa shape index (κ2) is 5.27. The largest absolute Gasteiger partial charge is 0.508 e. The first-order chi connectivity index (χ1) is 8.50. The highest BCUT2D eigenvalue weighted by Gasteiger charge is 2.29. The zero-order valence-corrected chi connectivity index (χ0v) is 11.4. The molecule has 1 aliphatic rings. The van der Waals surface area contributed by atoms with Gasteiger partial charge in [-0.3, -0.25) is 4.90 Å². The van der Waals surface area contributed by atoms with E-state index in [2.05, 4.69) is 25.7 Å². The van der Waals surface area contributed by atoms with Crippen molar-refractivity contribution >= 4 is 0 Å². The van der Waals surface area contributed by atoms with E-state index in [4.69, 9.17) is 0 Å². The normalized spacial score (nSPS) is 27.1. The van der Waals surface area contributed by atoms with E-state index < -0.39 is 0 Å². The number of rotatable bonds is 2. The van der Waals surface area contributed by atoms with Gasteiger partial charge in [-0.15, -0.1) is 0 Å². The van der Waals surface area contributed by atoms with Gasteiger partial charge in [-0.2, -0.15) is 0 Å². The molecule has 0 amide bonds. The molecule has 1 heterocycles. The van der Waals surface area contributed by atoms with Crippen molar-refractivity contribution in [3.05, 3.63) is 29.6 Å². The minimum atomic E-state index is -0.386. The fourth-order valence-electron chi connectivity index (χ4n) is 2.96. The summed E-state index contributed by atoms with van der Waals surface area (Å²) < 4.78 is 13.0. The van der Waals surface area contributed by atoms with Crippen LogP contribution < -0.4 is 0 Å². The van der Waals surface area contributed by atoms with Crippen molar-refractivity contribution in [1.82, 2.24) is 4.90 Å². The number of piperidine rings is 1. The first-order valence-electron chi connectivity index (χ1n) is 6.75. The molecule has 100 valence electrons. The molecule has 0 radical (unpaired) electrons. The van der Waals surface area contributed by atoms with Gasteiger partial charge in [0, 0.05) is 23.7 Å². The van der Waals surface area contributed by atoms with Crippen molar-refractivity contribution in [2.75, 3.05) is 6.54 Å². The topological polar surface area (TPSA) is 23.5 Å². The number of aromatic hydroxyl groups is 1. The van der Waals surface area contributed by atoms with Gasteiger partial charge in [-0.1, -0.05) is 13.0 Å². The number of phenols is 1. The van der Waals surface area contributed by atoms with Crippen molar-refractivity contribution < 1.29 is 9.50 Å². The van der Waals surface area contributed by atoms with Crippen LogP contribution in [0.1, 0.15) is 45.2 Å². The van der Waals surface area contributed by atoms with E-state index >= 15 is 0 Å². The minimum absolute atomic E-state index is 0.0629. The lowest BCUT2D eigenvalue weighted by atomic mass is 9.89.